The number of rotatable bonds is 5. The molecule has 4 rings (SSSR count). The van der Waals surface area contributed by atoms with Crippen molar-refractivity contribution in [3.8, 4) is 0 Å². The van der Waals surface area contributed by atoms with Gasteiger partial charge in [0.25, 0.3) is 5.69 Å². The summed E-state index contributed by atoms with van der Waals surface area (Å²) in [5.41, 5.74) is 0.114. The van der Waals surface area contributed by atoms with Gasteiger partial charge in [-0.25, -0.2) is 0 Å². The van der Waals surface area contributed by atoms with Crippen molar-refractivity contribution in [3.05, 3.63) is 38.9 Å². The fraction of sp³-hybridized carbons (Fsp3) is 0.650. The van der Waals surface area contributed by atoms with Gasteiger partial charge < -0.3 is 14.4 Å². The van der Waals surface area contributed by atoms with Gasteiger partial charge in [-0.3, -0.25) is 19.8 Å². The van der Waals surface area contributed by atoms with Crippen LogP contribution in [0.1, 0.15) is 31.2 Å². The van der Waals surface area contributed by atoms with E-state index in [0.29, 0.717) is 56.4 Å². The largest absolute Gasteiger partial charge is 0.377 e. The first-order chi connectivity index (χ1) is 14.0. The third-order valence-corrected chi connectivity index (χ3v) is 6.39. The van der Waals surface area contributed by atoms with Gasteiger partial charge in [0.1, 0.15) is 5.60 Å². The molecule has 3 aliphatic heterocycles. The molecule has 0 radical (unpaired) electrons. The zero-order valence-electron chi connectivity index (χ0n) is 16.3. The number of carbonyl (C=O) groups is 1. The number of halogens is 1. The van der Waals surface area contributed by atoms with Gasteiger partial charge in [-0.15, -0.1) is 0 Å². The van der Waals surface area contributed by atoms with E-state index in [1.54, 1.807) is 12.1 Å². The van der Waals surface area contributed by atoms with Crippen molar-refractivity contribution in [1.82, 2.24) is 9.80 Å². The molecular formula is C20H26ClN3O5. The van der Waals surface area contributed by atoms with Gasteiger partial charge in [-0.1, -0.05) is 17.7 Å². The van der Waals surface area contributed by atoms with Crippen LogP contribution < -0.4 is 0 Å². The van der Waals surface area contributed by atoms with Gasteiger partial charge in [0.2, 0.25) is 5.91 Å². The average molecular weight is 424 g/mol. The molecule has 8 nitrogen and oxygen atoms in total. The van der Waals surface area contributed by atoms with Crippen molar-refractivity contribution in [1.29, 1.82) is 0 Å². The van der Waals surface area contributed by atoms with Crippen molar-refractivity contribution in [3.63, 3.8) is 0 Å². The van der Waals surface area contributed by atoms with E-state index in [4.69, 9.17) is 21.1 Å². The maximum atomic E-state index is 11.9. The maximum absolute atomic E-state index is 11.9. The van der Waals surface area contributed by atoms with Gasteiger partial charge in [0.05, 0.1) is 34.8 Å². The van der Waals surface area contributed by atoms with Gasteiger partial charge in [0.15, 0.2) is 0 Å². The Morgan fingerprint density at radius 3 is 2.97 bits per heavy atom. The number of hydrogen-bond acceptors (Lipinski definition) is 6. The van der Waals surface area contributed by atoms with E-state index >= 15 is 0 Å². The van der Waals surface area contributed by atoms with E-state index in [9.17, 15) is 14.9 Å². The van der Waals surface area contributed by atoms with E-state index in [1.165, 1.54) is 6.07 Å². The number of nitro benzene ring substituents is 1. The molecule has 3 fully saturated rings. The fourth-order valence-electron chi connectivity index (χ4n) is 4.61. The molecule has 1 spiro atoms. The molecule has 0 aromatic heterocycles. The highest BCUT2D eigenvalue weighted by atomic mass is 35.5. The van der Waals surface area contributed by atoms with Gasteiger partial charge in [-0.05, 0) is 25.3 Å². The van der Waals surface area contributed by atoms with Crippen LogP contribution in [0.25, 0.3) is 0 Å². The summed E-state index contributed by atoms with van der Waals surface area (Å²) >= 11 is 6.29. The first kappa shape index (κ1) is 20.5. The molecule has 1 aromatic rings. The second kappa shape index (κ2) is 8.55. The molecule has 0 aliphatic carbocycles. The summed E-state index contributed by atoms with van der Waals surface area (Å²) in [5, 5.41) is 11.8. The second-order valence-corrected chi connectivity index (χ2v) is 8.57. The van der Waals surface area contributed by atoms with Crippen LogP contribution in [0.5, 0.6) is 0 Å². The normalized spacial score (nSPS) is 28.2. The first-order valence-corrected chi connectivity index (χ1v) is 10.5. The molecular weight excluding hydrogens is 398 g/mol. The molecule has 0 unspecified atom stereocenters. The monoisotopic (exact) mass is 423 g/mol. The molecule has 1 amide bonds. The Kier molecular flexibility index (Phi) is 6.06. The molecule has 0 bridgehead atoms. The van der Waals surface area contributed by atoms with Crippen LogP contribution >= 0.6 is 11.6 Å². The molecule has 2 atom stereocenters. The Balaban J connectivity index is 1.45. The Bertz CT molecular complexity index is 791. The van der Waals surface area contributed by atoms with Gasteiger partial charge >= 0.3 is 0 Å². The van der Waals surface area contributed by atoms with Crippen LogP contribution in [0, 0.1) is 10.1 Å². The number of hydrogen-bond donors (Lipinski definition) is 0. The van der Waals surface area contributed by atoms with Gasteiger partial charge in [0, 0.05) is 45.2 Å². The van der Waals surface area contributed by atoms with Crippen molar-refractivity contribution in [2.75, 3.05) is 39.4 Å². The molecule has 9 heteroatoms. The Labute approximate surface area is 174 Å². The molecule has 0 N–H and O–H groups in total. The zero-order chi connectivity index (χ0) is 20.4. The number of likely N-dealkylation sites (tertiary alicyclic amines) is 1. The van der Waals surface area contributed by atoms with Crippen LogP contribution in [-0.4, -0.2) is 71.7 Å². The predicted octanol–water partition coefficient (Wildman–Crippen LogP) is 2.62. The fourth-order valence-corrected chi connectivity index (χ4v) is 4.84. The smallest absolute Gasteiger partial charge is 0.275 e. The van der Waals surface area contributed by atoms with Crippen LogP contribution in [0.2, 0.25) is 5.02 Å². The molecule has 29 heavy (non-hydrogen) atoms. The van der Waals surface area contributed by atoms with Crippen molar-refractivity contribution in [2.24, 2.45) is 0 Å². The molecule has 3 aliphatic rings. The minimum absolute atomic E-state index is 0.00949. The van der Waals surface area contributed by atoms with E-state index in [-0.39, 0.29) is 22.6 Å². The third-order valence-electron chi connectivity index (χ3n) is 6.04. The summed E-state index contributed by atoms with van der Waals surface area (Å²) in [7, 11) is 0. The summed E-state index contributed by atoms with van der Waals surface area (Å²) in [6.45, 7) is 4.14. The van der Waals surface area contributed by atoms with E-state index in [2.05, 4.69) is 4.90 Å². The summed E-state index contributed by atoms with van der Waals surface area (Å²) in [6, 6.07) is 4.77. The van der Waals surface area contributed by atoms with Crippen LogP contribution in [-0.2, 0) is 20.8 Å². The van der Waals surface area contributed by atoms with Crippen LogP contribution in [0.15, 0.2) is 18.2 Å². The number of benzene rings is 1. The summed E-state index contributed by atoms with van der Waals surface area (Å²) < 4.78 is 12.3. The average Bonchev–Trinajstić information content (AvgIpc) is 3.20. The van der Waals surface area contributed by atoms with Crippen LogP contribution in [0.4, 0.5) is 5.69 Å². The van der Waals surface area contributed by atoms with E-state index < -0.39 is 5.60 Å². The molecule has 158 valence electrons. The minimum atomic E-state index is -0.444. The zero-order valence-corrected chi connectivity index (χ0v) is 17.1. The lowest BCUT2D eigenvalue weighted by atomic mass is 9.99. The number of ether oxygens (including phenoxy) is 2. The van der Waals surface area contributed by atoms with E-state index in [0.717, 1.165) is 25.8 Å². The number of amides is 1. The van der Waals surface area contributed by atoms with Gasteiger partial charge in [-0.2, -0.15) is 0 Å². The maximum Gasteiger partial charge on any atom is 0.275 e. The molecule has 3 heterocycles. The first-order valence-electron chi connectivity index (χ1n) is 10.1. The lowest BCUT2D eigenvalue weighted by Gasteiger charge is -2.32. The van der Waals surface area contributed by atoms with Crippen LogP contribution in [0.3, 0.4) is 0 Å². The number of nitro groups is 1. The highest BCUT2D eigenvalue weighted by Crippen LogP contribution is 2.35. The standard InChI is InChI=1S/C20H26ClN3O5/c21-17-3-1-4-18(24(26)27)16(17)12-22-9-10-28-14-20(13-22)7-6-15(29-20)11-23-8-2-5-19(23)25/h1,3-4,15H,2,5-14H2/t15-,20-/m1/s1. The van der Waals surface area contributed by atoms with Crippen molar-refractivity contribution in [2.45, 2.75) is 43.9 Å². The number of nitrogens with zero attached hydrogens (tertiary/aromatic N) is 3. The third kappa shape index (κ3) is 4.55. The lowest BCUT2D eigenvalue weighted by Crippen LogP contribution is -2.45. The van der Waals surface area contributed by atoms with Crippen molar-refractivity contribution < 1.29 is 19.2 Å². The number of carbonyl (C=O) groups excluding carboxylic acids is 1. The minimum Gasteiger partial charge on any atom is -0.377 e. The Morgan fingerprint density at radius 1 is 1.34 bits per heavy atom. The Morgan fingerprint density at radius 2 is 2.21 bits per heavy atom. The molecule has 1 aromatic carbocycles. The summed E-state index contributed by atoms with van der Waals surface area (Å²) in [6.07, 6.45) is 3.29. The summed E-state index contributed by atoms with van der Waals surface area (Å²) in [4.78, 5) is 27.0. The quantitative estimate of drug-likeness (QED) is 0.534. The summed E-state index contributed by atoms with van der Waals surface area (Å²) in [5.74, 6) is 0.208. The predicted molar refractivity (Wildman–Crippen MR) is 107 cm³/mol. The SMILES string of the molecule is O=C1CCCN1C[C@H]1CC[C@@]2(COCCN(Cc3c(Cl)cccc3[N+](=O)[O-])C2)O1. The molecule has 0 saturated carbocycles. The highest BCUT2D eigenvalue weighted by molar-refractivity contribution is 6.31. The Hall–Kier alpha value is -1.74. The van der Waals surface area contributed by atoms with Crippen molar-refractivity contribution >= 4 is 23.2 Å². The highest BCUT2D eigenvalue weighted by Gasteiger charge is 2.44. The molecule has 3 saturated heterocycles. The second-order valence-electron chi connectivity index (χ2n) is 8.16. The van der Waals surface area contributed by atoms with E-state index in [1.807, 2.05) is 4.90 Å². The topological polar surface area (TPSA) is 85.2 Å². The lowest BCUT2D eigenvalue weighted by molar-refractivity contribution is -0.385.